The highest BCUT2D eigenvalue weighted by molar-refractivity contribution is 6.33. The summed E-state index contributed by atoms with van der Waals surface area (Å²) in [7, 11) is 1.78. The van der Waals surface area contributed by atoms with E-state index < -0.39 is 6.10 Å². The molecule has 0 saturated carbocycles. The van der Waals surface area contributed by atoms with Gasteiger partial charge in [0.1, 0.15) is 17.5 Å². The summed E-state index contributed by atoms with van der Waals surface area (Å²) in [5.74, 6) is 0.979. The quantitative estimate of drug-likeness (QED) is 0.428. The summed E-state index contributed by atoms with van der Waals surface area (Å²) in [6.45, 7) is 1.29. The minimum Gasteiger partial charge on any atom is -0.390 e. The number of aromatic nitrogens is 2. The number of likely N-dealkylation sites (N-methyl/N-ethyl adjacent to an activating group) is 1. The molecule has 0 fully saturated rings. The smallest absolute Gasteiger partial charge is 0.126 e. The average Bonchev–Trinajstić information content (AvgIpc) is 2.72. The molecule has 29 heavy (non-hydrogen) atoms. The molecule has 4 N–H and O–H groups in total. The molecular weight excluding hydrogens is 393 g/mol. The standard InChI is InChI=1S/C21H23ClFN5O/c1-24-11-16(29)12-26-21-9-17(18(22)13-27-21)19-6-3-7-20(28-19)25-10-14-4-2-5-15(23)8-14/h2-9,13,16,24,29H,10-12H2,1H3,(H,25,28)(H,26,27). The van der Waals surface area contributed by atoms with Crippen LogP contribution in [-0.4, -0.2) is 41.3 Å². The molecule has 2 aromatic heterocycles. The van der Waals surface area contributed by atoms with Crippen molar-refractivity contribution in [3.8, 4) is 11.3 Å². The molecule has 0 bridgehead atoms. The van der Waals surface area contributed by atoms with Gasteiger partial charge >= 0.3 is 0 Å². The number of anilines is 2. The van der Waals surface area contributed by atoms with Crippen molar-refractivity contribution < 1.29 is 9.50 Å². The van der Waals surface area contributed by atoms with Crippen LogP contribution in [0.3, 0.4) is 0 Å². The van der Waals surface area contributed by atoms with Crippen LogP contribution in [-0.2, 0) is 6.54 Å². The Morgan fingerprint density at radius 1 is 1.07 bits per heavy atom. The molecule has 152 valence electrons. The lowest BCUT2D eigenvalue weighted by molar-refractivity contribution is 0.187. The van der Waals surface area contributed by atoms with Gasteiger partial charge in [0, 0.05) is 31.4 Å². The van der Waals surface area contributed by atoms with Gasteiger partial charge in [-0.15, -0.1) is 0 Å². The van der Waals surface area contributed by atoms with E-state index in [1.807, 2.05) is 24.3 Å². The van der Waals surface area contributed by atoms with Gasteiger partial charge in [0.15, 0.2) is 0 Å². The van der Waals surface area contributed by atoms with E-state index in [1.165, 1.54) is 12.1 Å². The number of hydrogen-bond donors (Lipinski definition) is 4. The average molecular weight is 416 g/mol. The van der Waals surface area contributed by atoms with Crippen molar-refractivity contribution in [1.82, 2.24) is 15.3 Å². The van der Waals surface area contributed by atoms with Crippen molar-refractivity contribution in [1.29, 1.82) is 0 Å². The van der Waals surface area contributed by atoms with Gasteiger partial charge in [0.25, 0.3) is 0 Å². The number of hydrogen-bond acceptors (Lipinski definition) is 6. The number of aliphatic hydroxyl groups excluding tert-OH is 1. The van der Waals surface area contributed by atoms with E-state index in [0.29, 0.717) is 42.0 Å². The number of pyridine rings is 2. The molecule has 1 unspecified atom stereocenters. The molecule has 3 rings (SSSR count). The molecule has 8 heteroatoms. The van der Waals surface area contributed by atoms with Gasteiger partial charge in [-0.2, -0.15) is 0 Å². The molecule has 1 aromatic carbocycles. The second-order valence-electron chi connectivity index (χ2n) is 6.53. The first-order chi connectivity index (χ1) is 14.0. The first-order valence-electron chi connectivity index (χ1n) is 9.23. The molecule has 0 spiro atoms. The van der Waals surface area contributed by atoms with Crippen LogP contribution < -0.4 is 16.0 Å². The molecule has 0 saturated heterocycles. The van der Waals surface area contributed by atoms with Crippen LogP contribution in [0.4, 0.5) is 16.0 Å². The lowest BCUT2D eigenvalue weighted by atomic mass is 10.1. The topological polar surface area (TPSA) is 82.1 Å². The molecule has 1 atom stereocenters. The van der Waals surface area contributed by atoms with Gasteiger partial charge in [-0.3, -0.25) is 0 Å². The Morgan fingerprint density at radius 3 is 2.69 bits per heavy atom. The van der Waals surface area contributed by atoms with Crippen molar-refractivity contribution >= 4 is 23.2 Å². The summed E-state index contributed by atoms with van der Waals surface area (Å²) in [5.41, 5.74) is 2.23. The molecule has 0 aliphatic heterocycles. The van der Waals surface area contributed by atoms with Crippen LogP contribution in [0.15, 0.2) is 54.7 Å². The maximum atomic E-state index is 13.3. The van der Waals surface area contributed by atoms with E-state index in [2.05, 4.69) is 25.9 Å². The van der Waals surface area contributed by atoms with E-state index in [1.54, 1.807) is 25.4 Å². The highest BCUT2D eigenvalue weighted by atomic mass is 35.5. The van der Waals surface area contributed by atoms with E-state index in [4.69, 9.17) is 11.6 Å². The summed E-state index contributed by atoms with van der Waals surface area (Å²) >= 11 is 6.33. The van der Waals surface area contributed by atoms with Gasteiger partial charge in [0.2, 0.25) is 0 Å². The van der Waals surface area contributed by atoms with Gasteiger partial charge < -0.3 is 21.1 Å². The Balaban J connectivity index is 1.72. The summed E-state index contributed by atoms with van der Waals surface area (Å²) in [6.07, 6.45) is 1.02. The van der Waals surface area contributed by atoms with E-state index in [0.717, 1.165) is 11.1 Å². The van der Waals surface area contributed by atoms with Crippen LogP contribution in [0.5, 0.6) is 0 Å². The summed E-state index contributed by atoms with van der Waals surface area (Å²) < 4.78 is 13.3. The zero-order chi connectivity index (χ0) is 20.6. The van der Waals surface area contributed by atoms with Crippen LogP contribution in [0, 0.1) is 5.82 Å². The minimum atomic E-state index is -0.533. The molecule has 6 nitrogen and oxygen atoms in total. The largest absolute Gasteiger partial charge is 0.390 e. The van der Waals surface area contributed by atoms with Gasteiger partial charge in [-0.05, 0) is 42.9 Å². The number of nitrogens with zero attached hydrogens (tertiary/aromatic N) is 2. The SMILES string of the molecule is CNCC(O)CNc1cc(-c2cccc(NCc3cccc(F)c3)n2)c(Cl)cn1. The van der Waals surface area contributed by atoms with Crippen LogP contribution >= 0.6 is 11.6 Å². The Bertz CT molecular complexity index is 956. The molecule has 0 radical (unpaired) electrons. The normalized spacial score (nSPS) is 11.9. The zero-order valence-corrected chi connectivity index (χ0v) is 16.7. The van der Waals surface area contributed by atoms with Gasteiger partial charge in [0.05, 0.1) is 16.8 Å². The Hall–Kier alpha value is -2.74. The third kappa shape index (κ3) is 6.12. The Labute approximate surface area is 174 Å². The number of nitrogens with one attached hydrogen (secondary N) is 3. The van der Waals surface area contributed by atoms with E-state index in [-0.39, 0.29) is 5.82 Å². The first-order valence-corrected chi connectivity index (χ1v) is 9.61. The third-order valence-corrected chi connectivity index (χ3v) is 4.50. The zero-order valence-electron chi connectivity index (χ0n) is 16.0. The van der Waals surface area contributed by atoms with Crippen molar-refractivity contribution in [2.24, 2.45) is 0 Å². The molecule has 2 heterocycles. The van der Waals surface area contributed by atoms with Crippen molar-refractivity contribution in [2.45, 2.75) is 12.6 Å². The predicted molar refractivity (Wildman–Crippen MR) is 115 cm³/mol. The van der Waals surface area contributed by atoms with Crippen molar-refractivity contribution in [3.05, 3.63) is 71.1 Å². The van der Waals surface area contributed by atoms with Crippen molar-refractivity contribution in [3.63, 3.8) is 0 Å². The fourth-order valence-electron chi connectivity index (χ4n) is 2.78. The Morgan fingerprint density at radius 2 is 1.90 bits per heavy atom. The van der Waals surface area contributed by atoms with Crippen molar-refractivity contribution in [2.75, 3.05) is 30.8 Å². The van der Waals surface area contributed by atoms with Crippen LogP contribution in [0.1, 0.15) is 5.56 Å². The van der Waals surface area contributed by atoms with E-state index in [9.17, 15) is 9.50 Å². The second-order valence-corrected chi connectivity index (χ2v) is 6.94. The minimum absolute atomic E-state index is 0.269. The summed E-state index contributed by atoms with van der Waals surface area (Å²) in [5, 5.41) is 19.5. The third-order valence-electron chi connectivity index (χ3n) is 4.20. The van der Waals surface area contributed by atoms with Gasteiger partial charge in [-0.25, -0.2) is 14.4 Å². The lowest BCUT2D eigenvalue weighted by Crippen LogP contribution is -2.30. The fourth-order valence-corrected chi connectivity index (χ4v) is 2.98. The van der Waals surface area contributed by atoms with E-state index >= 15 is 0 Å². The van der Waals surface area contributed by atoms with Crippen LogP contribution in [0.2, 0.25) is 5.02 Å². The molecular formula is C21H23ClFN5O. The first kappa shape index (κ1) is 21.0. The monoisotopic (exact) mass is 415 g/mol. The molecule has 0 amide bonds. The molecule has 3 aromatic rings. The fraction of sp³-hybridized carbons (Fsp3) is 0.238. The number of benzene rings is 1. The number of halogens is 2. The van der Waals surface area contributed by atoms with Gasteiger partial charge in [-0.1, -0.05) is 29.8 Å². The summed E-state index contributed by atoms with van der Waals surface area (Å²) in [6, 6.07) is 13.8. The highest BCUT2D eigenvalue weighted by Crippen LogP contribution is 2.28. The number of rotatable bonds is 9. The second kappa shape index (κ2) is 10.2. The maximum Gasteiger partial charge on any atom is 0.126 e. The number of aliphatic hydroxyl groups is 1. The van der Waals surface area contributed by atoms with Crippen LogP contribution in [0.25, 0.3) is 11.3 Å². The maximum absolute atomic E-state index is 13.3. The summed E-state index contributed by atoms with van der Waals surface area (Å²) in [4.78, 5) is 8.85. The highest BCUT2D eigenvalue weighted by Gasteiger charge is 2.10. The molecule has 0 aliphatic carbocycles. The Kier molecular flexibility index (Phi) is 7.35. The lowest BCUT2D eigenvalue weighted by Gasteiger charge is -2.13. The molecule has 0 aliphatic rings. The predicted octanol–water partition coefficient (Wildman–Crippen LogP) is 3.54.